The lowest BCUT2D eigenvalue weighted by Gasteiger charge is -2.21. The van der Waals surface area contributed by atoms with Gasteiger partial charge in [-0.3, -0.25) is 20.3 Å². The SMILES string of the molecule is CC(=O)NN1C(=O)OCC1c1ccc([N+](=O)[O-])cc1. The van der Waals surface area contributed by atoms with Crippen LogP contribution in [0.4, 0.5) is 10.5 Å². The lowest BCUT2D eigenvalue weighted by atomic mass is 10.1. The fraction of sp³-hybridized carbons (Fsp3) is 0.273. The highest BCUT2D eigenvalue weighted by Crippen LogP contribution is 2.27. The molecular formula is C11H11N3O5. The molecule has 0 radical (unpaired) electrons. The number of carbonyl (C=O) groups excluding carboxylic acids is 2. The van der Waals surface area contributed by atoms with Gasteiger partial charge in [-0.1, -0.05) is 0 Å². The van der Waals surface area contributed by atoms with E-state index >= 15 is 0 Å². The quantitative estimate of drug-likeness (QED) is 0.652. The van der Waals surface area contributed by atoms with Crippen molar-refractivity contribution in [3.63, 3.8) is 0 Å². The number of nitro groups is 1. The number of nitrogens with one attached hydrogen (secondary N) is 1. The van der Waals surface area contributed by atoms with Gasteiger partial charge in [-0.05, 0) is 17.7 Å². The zero-order valence-electron chi connectivity index (χ0n) is 10.0. The van der Waals surface area contributed by atoms with Crippen molar-refractivity contribution in [2.24, 2.45) is 0 Å². The van der Waals surface area contributed by atoms with E-state index < -0.39 is 23.0 Å². The Morgan fingerprint density at radius 3 is 2.63 bits per heavy atom. The lowest BCUT2D eigenvalue weighted by molar-refractivity contribution is -0.384. The maximum absolute atomic E-state index is 11.4. The molecular weight excluding hydrogens is 254 g/mol. The standard InChI is InChI=1S/C11H11N3O5/c1-7(15)12-13-10(6-19-11(13)16)8-2-4-9(5-3-8)14(17)18/h2-5,10H,6H2,1H3,(H,12,15). The number of non-ortho nitro benzene ring substituents is 1. The maximum atomic E-state index is 11.4. The highest BCUT2D eigenvalue weighted by atomic mass is 16.6. The first kappa shape index (κ1) is 12.8. The van der Waals surface area contributed by atoms with Gasteiger partial charge in [-0.25, -0.2) is 9.80 Å². The molecule has 0 aliphatic carbocycles. The Bertz CT molecular complexity index is 528. The molecule has 2 rings (SSSR count). The summed E-state index contributed by atoms with van der Waals surface area (Å²) in [5.41, 5.74) is 2.97. The lowest BCUT2D eigenvalue weighted by Crippen LogP contribution is -2.43. The molecule has 1 fully saturated rings. The van der Waals surface area contributed by atoms with Gasteiger partial charge >= 0.3 is 6.09 Å². The molecule has 0 bridgehead atoms. The van der Waals surface area contributed by atoms with Crippen molar-refractivity contribution >= 4 is 17.7 Å². The fourth-order valence-corrected chi connectivity index (χ4v) is 1.78. The zero-order valence-corrected chi connectivity index (χ0v) is 10.0. The Kier molecular flexibility index (Phi) is 3.32. The molecule has 1 saturated heterocycles. The summed E-state index contributed by atoms with van der Waals surface area (Å²) >= 11 is 0. The van der Waals surface area contributed by atoms with Gasteiger partial charge in [0.1, 0.15) is 12.6 Å². The number of nitro benzene ring substituents is 1. The number of ether oxygens (including phenoxy) is 1. The van der Waals surface area contributed by atoms with Crippen LogP contribution in [-0.2, 0) is 9.53 Å². The van der Waals surface area contributed by atoms with Crippen LogP contribution in [0.5, 0.6) is 0 Å². The van der Waals surface area contributed by atoms with Crippen LogP contribution in [0.2, 0.25) is 0 Å². The molecule has 1 N–H and O–H groups in total. The monoisotopic (exact) mass is 265 g/mol. The van der Waals surface area contributed by atoms with Crippen LogP contribution in [0.1, 0.15) is 18.5 Å². The Hall–Kier alpha value is -2.64. The van der Waals surface area contributed by atoms with Crippen molar-refractivity contribution in [3.8, 4) is 0 Å². The molecule has 2 amide bonds. The first-order chi connectivity index (χ1) is 8.99. The average molecular weight is 265 g/mol. The number of hydrazine groups is 1. The molecule has 8 heteroatoms. The normalized spacial score (nSPS) is 18.1. The summed E-state index contributed by atoms with van der Waals surface area (Å²) in [6.07, 6.45) is -0.654. The highest BCUT2D eigenvalue weighted by molar-refractivity contribution is 5.78. The molecule has 0 aromatic heterocycles. The predicted molar refractivity (Wildman–Crippen MR) is 62.8 cm³/mol. The minimum absolute atomic E-state index is 0.0416. The molecule has 0 saturated carbocycles. The molecule has 19 heavy (non-hydrogen) atoms. The number of hydrogen-bond donors (Lipinski definition) is 1. The molecule has 1 aromatic rings. The van der Waals surface area contributed by atoms with Crippen molar-refractivity contribution in [2.75, 3.05) is 6.61 Å². The number of cyclic esters (lactones) is 1. The van der Waals surface area contributed by atoms with E-state index in [1.807, 2.05) is 0 Å². The summed E-state index contributed by atoms with van der Waals surface area (Å²) in [6.45, 7) is 1.36. The molecule has 8 nitrogen and oxygen atoms in total. The van der Waals surface area contributed by atoms with E-state index in [0.29, 0.717) is 5.56 Å². The van der Waals surface area contributed by atoms with Crippen LogP contribution < -0.4 is 5.43 Å². The van der Waals surface area contributed by atoms with Crippen LogP contribution in [0, 0.1) is 10.1 Å². The number of rotatable bonds is 3. The van der Waals surface area contributed by atoms with E-state index in [9.17, 15) is 19.7 Å². The highest BCUT2D eigenvalue weighted by Gasteiger charge is 2.35. The fourth-order valence-electron chi connectivity index (χ4n) is 1.78. The predicted octanol–water partition coefficient (Wildman–Crippen LogP) is 1.14. The van der Waals surface area contributed by atoms with Crippen LogP contribution in [0.3, 0.4) is 0 Å². The minimum atomic E-state index is -0.654. The third kappa shape index (κ3) is 2.62. The van der Waals surface area contributed by atoms with Gasteiger partial charge in [0.2, 0.25) is 5.91 Å². The largest absolute Gasteiger partial charge is 0.446 e. The van der Waals surface area contributed by atoms with Gasteiger partial charge in [0, 0.05) is 19.1 Å². The van der Waals surface area contributed by atoms with E-state index in [1.54, 1.807) is 0 Å². The molecule has 1 atom stereocenters. The molecule has 1 unspecified atom stereocenters. The molecule has 1 heterocycles. The Balaban J connectivity index is 2.22. The second-order valence-corrected chi connectivity index (χ2v) is 3.98. The number of benzene rings is 1. The van der Waals surface area contributed by atoms with Gasteiger partial charge in [-0.15, -0.1) is 0 Å². The third-order valence-corrected chi connectivity index (χ3v) is 2.64. The van der Waals surface area contributed by atoms with Crippen LogP contribution in [-0.4, -0.2) is 28.5 Å². The molecule has 1 aromatic carbocycles. The summed E-state index contributed by atoms with van der Waals surface area (Å²) in [7, 11) is 0. The van der Waals surface area contributed by atoms with Crippen molar-refractivity contribution < 1.29 is 19.2 Å². The van der Waals surface area contributed by atoms with E-state index in [4.69, 9.17) is 4.74 Å². The zero-order chi connectivity index (χ0) is 14.0. The molecule has 100 valence electrons. The Morgan fingerprint density at radius 1 is 1.47 bits per heavy atom. The number of carbonyl (C=O) groups is 2. The molecule has 0 spiro atoms. The number of amides is 2. The van der Waals surface area contributed by atoms with Gasteiger partial charge in [0.15, 0.2) is 0 Å². The second-order valence-electron chi connectivity index (χ2n) is 3.98. The summed E-state index contributed by atoms with van der Waals surface area (Å²) in [5, 5.41) is 11.6. The van der Waals surface area contributed by atoms with Gasteiger partial charge in [0.05, 0.1) is 4.92 Å². The topological polar surface area (TPSA) is 102 Å². The van der Waals surface area contributed by atoms with Crippen LogP contribution >= 0.6 is 0 Å². The first-order valence-electron chi connectivity index (χ1n) is 5.46. The van der Waals surface area contributed by atoms with E-state index in [2.05, 4.69) is 5.43 Å². The molecule has 1 aliphatic heterocycles. The van der Waals surface area contributed by atoms with E-state index in [1.165, 1.54) is 31.2 Å². The van der Waals surface area contributed by atoms with Gasteiger partial charge in [0.25, 0.3) is 5.69 Å². The second kappa shape index (κ2) is 4.92. The van der Waals surface area contributed by atoms with Crippen molar-refractivity contribution in [2.45, 2.75) is 13.0 Å². The number of hydrogen-bond acceptors (Lipinski definition) is 5. The van der Waals surface area contributed by atoms with Crippen molar-refractivity contribution in [3.05, 3.63) is 39.9 Å². The third-order valence-electron chi connectivity index (χ3n) is 2.64. The van der Waals surface area contributed by atoms with E-state index in [-0.39, 0.29) is 12.3 Å². The van der Waals surface area contributed by atoms with E-state index in [0.717, 1.165) is 5.01 Å². The Morgan fingerprint density at radius 2 is 2.11 bits per heavy atom. The van der Waals surface area contributed by atoms with Gasteiger partial charge < -0.3 is 4.74 Å². The first-order valence-corrected chi connectivity index (χ1v) is 5.46. The smallest absolute Gasteiger partial charge is 0.429 e. The maximum Gasteiger partial charge on any atom is 0.429 e. The van der Waals surface area contributed by atoms with Crippen molar-refractivity contribution in [1.29, 1.82) is 0 Å². The summed E-state index contributed by atoms with van der Waals surface area (Å²) in [5.74, 6) is -0.397. The molecule has 1 aliphatic rings. The number of nitrogens with zero attached hydrogens (tertiary/aromatic N) is 2. The summed E-state index contributed by atoms with van der Waals surface area (Å²) in [4.78, 5) is 32.5. The Labute approximate surface area is 108 Å². The van der Waals surface area contributed by atoms with Crippen LogP contribution in [0.15, 0.2) is 24.3 Å². The van der Waals surface area contributed by atoms with Crippen LogP contribution in [0.25, 0.3) is 0 Å². The summed E-state index contributed by atoms with van der Waals surface area (Å²) < 4.78 is 4.85. The van der Waals surface area contributed by atoms with Gasteiger partial charge in [-0.2, -0.15) is 0 Å². The van der Waals surface area contributed by atoms with Crippen molar-refractivity contribution in [1.82, 2.24) is 10.4 Å². The average Bonchev–Trinajstić information content (AvgIpc) is 2.71. The minimum Gasteiger partial charge on any atom is -0.446 e. The summed E-state index contributed by atoms with van der Waals surface area (Å²) in [6, 6.07) is 5.24.